The molecule has 0 atom stereocenters. The molecule has 0 amide bonds. The minimum atomic E-state index is -1.22. The van der Waals surface area contributed by atoms with E-state index in [1.807, 2.05) is 5.92 Å². The first-order valence-corrected chi connectivity index (χ1v) is 3.18. The number of hydrogen-bond acceptors (Lipinski definition) is 0. The summed E-state index contributed by atoms with van der Waals surface area (Å²) in [6.07, 6.45) is 4.82. The molecule has 0 bridgehead atoms. The number of halogens is 3. The van der Waals surface area contributed by atoms with Crippen LogP contribution in [0.2, 0.25) is 0 Å². The van der Waals surface area contributed by atoms with Gasteiger partial charge in [0.15, 0.2) is 11.6 Å². The number of rotatable bonds is 0. The van der Waals surface area contributed by atoms with Gasteiger partial charge in [0.25, 0.3) is 0 Å². The van der Waals surface area contributed by atoms with Crippen LogP contribution in [0.3, 0.4) is 0 Å². The molecule has 0 aliphatic heterocycles. The zero-order chi connectivity index (χ0) is 9.30. The Bertz CT molecular complexity index is 361. The Morgan fingerprint density at radius 2 is 1.83 bits per heavy atom. The molecule has 0 aromatic heterocycles. The van der Waals surface area contributed by atoms with Crippen molar-refractivity contribution in [3.63, 3.8) is 0 Å². The van der Waals surface area contributed by atoms with Crippen LogP contribution < -0.4 is 0 Å². The van der Waals surface area contributed by atoms with Crippen molar-refractivity contribution in [3.05, 3.63) is 34.6 Å². The van der Waals surface area contributed by atoms with Crippen molar-refractivity contribution >= 4 is 0 Å². The van der Waals surface area contributed by atoms with Gasteiger partial charge < -0.3 is 0 Å². The van der Waals surface area contributed by atoms with Gasteiger partial charge in [-0.05, 0) is 13.0 Å². The fraction of sp³-hybridized carbons (Fsp3) is 0.111. The Labute approximate surface area is 68.0 Å². The average molecular weight is 170 g/mol. The third-order valence-corrected chi connectivity index (χ3v) is 1.54. The van der Waals surface area contributed by atoms with E-state index in [9.17, 15) is 13.2 Å². The second kappa shape index (κ2) is 2.90. The van der Waals surface area contributed by atoms with Crippen LogP contribution in [0.15, 0.2) is 6.07 Å². The molecule has 0 unspecified atom stereocenters. The van der Waals surface area contributed by atoms with Crippen LogP contribution in [-0.4, -0.2) is 0 Å². The molecule has 0 heterocycles. The highest BCUT2D eigenvalue weighted by Crippen LogP contribution is 2.18. The fourth-order valence-corrected chi connectivity index (χ4v) is 0.791. The monoisotopic (exact) mass is 170 g/mol. The van der Waals surface area contributed by atoms with Crippen molar-refractivity contribution in [2.45, 2.75) is 6.92 Å². The molecule has 62 valence electrons. The molecule has 0 nitrogen and oxygen atoms in total. The first-order chi connectivity index (χ1) is 5.57. The quantitative estimate of drug-likeness (QED) is 0.414. The lowest BCUT2D eigenvalue weighted by Crippen LogP contribution is -1.97. The number of terminal acetylenes is 1. The Morgan fingerprint density at radius 3 is 2.33 bits per heavy atom. The van der Waals surface area contributed by atoms with Crippen molar-refractivity contribution in [2.24, 2.45) is 0 Å². The average Bonchev–Trinajstić information content (AvgIpc) is 2.08. The fourth-order valence-electron chi connectivity index (χ4n) is 0.791. The van der Waals surface area contributed by atoms with Crippen LogP contribution in [0.1, 0.15) is 11.1 Å². The number of benzene rings is 1. The lowest BCUT2D eigenvalue weighted by molar-refractivity contribution is 0.484. The first kappa shape index (κ1) is 8.66. The van der Waals surface area contributed by atoms with E-state index in [1.165, 1.54) is 0 Å². The molecule has 0 aliphatic carbocycles. The molecule has 0 saturated heterocycles. The van der Waals surface area contributed by atoms with Gasteiger partial charge in [-0.3, -0.25) is 0 Å². The van der Waals surface area contributed by atoms with Gasteiger partial charge in [0.05, 0.1) is 5.56 Å². The molecule has 0 spiro atoms. The predicted octanol–water partition coefficient (Wildman–Crippen LogP) is 2.39. The van der Waals surface area contributed by atoms with Gasteiger partial charge in [-0.1, -0.05) is 5.92 Å². The largest absolute Gasteiger partial charge is 0.207 e. The summed E-state index contributed by atoms with van der Waals surface area (Å²) in [4.78, 5) is 0. The summed E-state index contributed by atoms with van der Waals surface area (Å²) in [7, 11) is 0. The molecular formula is C9H5F3. The summed E-state index contributed by atoms with van der Waals surface area (Å²) < 4.78 is 38.2. The van der Waals surface area contributed by atoms with E-state index >= 15 is 0 Å². The van der Waals surface area contributed by atoms with Crippen molar-refractivity contribution in [1.29, 1.82) is 0 Å². The van der Waals surface area contributed by atoms with Crippen molar-refractivity contribution in [3.8, 4) is 12.3 Å². The highest BCUT2D eigenvalue weighted by molar-refractivity contribution is 5.37. The van der Waals surface area contributed by atoms with Gasteiger partial charge in [0.2, 0.25) is 0 Å². The van der Waals surface area contributed by atoms with E-state index in [2.05, 4.69) is 0 Å². The third-order valence-electron chi connectivity index (χ3n) is 1.54. The third kappa shape index (κ3) is 1.16. The molecule has 12 heavy (non-hydrogen) atoms. The highest BCUT2D eigenvalue weighted by atomic mass is 19.2. The van der Waals surface area contributed by atoms with E-state index in [0.717, 1.165) is 13.0 Å². The molecule has 0 fully saturated rings. The normalized spacial score (nSPS) is 9.58. The van der Waals surface area contributed by atoms with Crippen molar-refractivity contribution in [2.75, 3.05) is 0 Å². The maximum Gasteiger partial charge on any atom is 0.174 e. The molecule has 0 radical (unpaired) electrons. The Morgan fingerprint density at radius 1 is 1.25 bits per heavy atom. The summed E-state index contributed by atoms with van der Waals surface area (Å²) in [5.41, 5.74) is -0.748. The Balaban J connectivity index is 3.52. The molecule has 1 aromatic carbocycles. The minimum Gasteiger partial charge on any atom is -0.207 e. The van der Waals surface area contributed by atoms with E-state index in [1.54, 1.807) is 0 Å². The lowest BCUT2D eigenvalue weighted by atomic mass is 10.1. The lowest BCUT2D eigenvalue weighted by Gasteiger charge is -2.01. The topological polar surface area (TPSA) is 0 Å². The molecule has 1 aromatic rings. The molecule has 0 saturated carbocycles. The first-order valence-electron chi connectivity index (χ1n) is 3.18. The van der Waals surface area contributed by atoms with Gasteiger partial charge >= 0.3 is 0 Å². The summed E-state index contributed by atoms with van der Waals surface area (Å²) >= 11 is 0. The summed E-state index contributed by atoms with van der Waals surface area (Å²) in [5.74, 6) is -1.37. The SMILES string of the molecule is C#Cc1cc(F)c(C)c(F)c1F. The van der Waals surface area contributed by atoms with Gasteiger partial charge in [0, 0.05) is 5.56 Å². The smallest absolute Gasteiger partial charge is 0.174 e. The standard InChI is InChI=1S/C9H5F3/c1-3-6-4-7(10)5(2)8(11)9(6)12/h1,4H,2H3. The second-order valence-electron chi connectivity index (χ2n) is 2.30. The summed E-state index contributed by atoms with van der Waals surface area (Å²) in [6, 6.07) is 0.799. The molecule has 3 heteroatoms. The summed E-state index contributed by atoms with van der Waals surface area (Å²) in [6.45, 7) is 1.15. The Hall–Kier alpha value is -1.43. The van der Waals surface area contributed by atoms with Crippen LogP contribution in [-0.2, 0) is 0 Å². The zero-order valence-corrected chi connectivity index (χ0v) is 6.29. The summed E-state index contributed by atoms with van der Waals surface area (Å²) in [5, 5.41) is 0. The van der Waals surface area contributed by atoms with Crippen LogP contribution in [0.25, 0.3) is 0 Å². The molecule has 0 aliphatic rings. The second-order valence-corrected chi connectivity index (χ2v) is 2.30. The Kier molecular flexibility index (Phi) is 2.09. The van der Waals surface area contributed by atoms with E-state index in [4.69, 9.17) is 6.42 Å². The minimum absolute atomic E-state index is 0.355. The van der Waals surface area contributed by atoms with E-state index in [-0.39, 0.29) is 5.56 Å². The maximum absolute atomic E-state index is 12.8. The van der Waals surface area contributed by atoms with Crippen LogP contribution in [0.5, 0.6) is 0 Å². The van der Waals surface area contributed by atoms with Gasteiger partial charge in [0.1, 0.15) is 5.82 Å². The van der Waals surface area contributed by atoms with Crippen molar-refractivity contribution < 1.29 is 13.2 Å². The van der Waals surface area contributed by atoms with Crippen LogP contribution in [0.4, 0.5) is 13.2 Å². The van der Waals surface area contributed by atoms with Gasteiger partial charge in [-0.15, -0.1) is 6.42 Å². The molecule has 1 rings (SSSR count). The van der Waals surface area contributed by atoms with Crippen LogP contribution >= 0.6 is 0 Å². The number of hydrogen-bond donors (Lipinski definition) is 0. The zero-order valence-electron chi connectivity index (χ0n) is 6.29. The molecule has 0 N–H and O–H groups in total. The van der Waals surface area contributed by atoms with Crippen LogP contribution in [0, 0.1) is 36.7 Å². The van der Waals surface area contributed by atoms with Gasteiger partial charge in [-0.25, -0.2) is 13.2 Å². The molecular weight excluding hydrogens is 165 g/mol. The van der Waals surface area contributed by atoms with E-state index < -0.39 is 23.0 Å². The predicted molar refractivity (Wildman–Crippen MR) is 39.0 cm³/mol. The maximum atomic E-state index is 12.8. The highest BCUT2D eigenvalue weighted by Gasteiger charge is 2.13. The van der Waals surface area contributed by atoms with Crippen molar-refractivity contribution in [1.82, 2.24) is 0 Å². The van der Waals surface area contributed by atoms with E-state index in [0.29, 0.717) is 0 Å². The van der Waals surface area contributed by atoms with Gasteiger partial charge in [-0.2, -0.15) is 0 Å².